The monoisotopic (exact) mass is 180 g/mol. The first-order valence-corrected chi connectivity index (χ1v) is 4.43. The number of hydrogen-bond donors (Lipinski definition) is 0. The topological polar surface area (TPSA) is 0 Å². The molecule has 1 rings (SSSR count). The van der Waals surface area contributed by atoms with Gasteiger partial charge < -0.3 is 0 Å². The predicted octanol–water partition coefficient (Wildman–Crippen LogP) is 2.98. The van der Waals surface area contributed by atoms with Gasteiger partial charge in [-0.15, -0.1) is 18.8 Å². The SMILES string of the molecule is C#CCC(C(=C)C#C)c1ccccc1. The van der Waals surface area contributed by atoms with E-state index < -0.39 is 0 Å². The summed E-state index contributed by atoms with van der Waals surface area (Å²) >= 11 is 0. The van der Waals surface area contributed by atoms with E-state index in [-0.39, 0.29) is 5.92 Å². The first kappa shape index (κ1) is 10.2. The van der Waals surface area contributed by atoms with Crippen LogP contribution in [-0.2, 0) is 0 Å². The molecule has 0 aromatic heterocycles. The summed E-state index contributed by atoms with van der Waals surface area (Å²) in [5.74, 6) is 5.27. The predicted molar refractivity (Wildman–Crippen MR) is 60.6 cm³/mol. The zero-order valence-corrected chi connectivity index (χ0v) is 8.03. The molecule has 1 atom stereocenters. The van der Waals surface area contributed by atoms with E-state index in [1.807, 2.05) is 30.3 Å². The van der Waals surface area contributed by atoms with Crippen molar-refractivity contribution in [3.63, 3.8) is 0 Å². The average Bonchev–Trinajstić information content (AvgIpc) is 2.26. The van der Waals surface area contributed by atoms with E-state index in [0.717, 1.165) is 11.1 Å². The fraction of sp³-hybridized carbons (Fsp3) is 0.143. The Morgan fingerprint density at radius 2 is 1.93 bits per heavy atom. The van der Waals surface area contributed by atoms with Crippen molar-refractivity contribution < 1.29 is 0 Å². The number of allylic oxidation sites excluding steroid dienone is 1. The summed E-state index contributed by atoms with van der Waals surface area (Å²) in [6.07, 6.45) is 11.2. The molecule has 1 aromatic rings. The minimum absolute atomic E-state index is 0.0891. The highest BCUT2D eigenvalue weighted by atomic mass is 14.1. The second-order valence-electron chi connectivity index (χ2n) is 3.04. The van der Waals surface area contributed by atoms with Gasteiger partial charge in [0, 0.05) is 17.9 Å². The molecule has 0 fully saturated rings. The molecule has 0 radical (unpaired) electrons. The van der Waals surface area contributed by atoms with Crippen molar-refractivity contribution in [1.82, 2.24) is 0 Å². The van der Waals surface area contributed by atoms with E-state index in [1.54, 1.807) is 0 Å². The lowest BCUT2D eigenvalue weighted by atomic mass is 9.90. The van der Waals surface area contributed by atoms with Crippen LogP contribution in [0.4, 0.5) is 0 Å². The molecule has 0 bridgehead atoms. The third-order valence-corrected chi connectivity index (χ3v) is 2.13. The third-order valence-electron chi connectivity index (χ3n) is 2.13. The lowest BCUT2D eigenvalue weighted by Gasteiger charge is -2.13. The summed E-state index contributed by atoms with van der Waals surface area (Å²) in [5, 5.41) is 0. The van der Waals surface area contributed by atoms with Crippen LogP contribution in [0.1, 0.15) is 17.9 Å². The molecule has 0 heterocycles. The van der Waals surface area contributed by atoms with Gasteiger partial charge in [0.25, 0.3) is 0 Å². The molecule has 0 aliphatic heterocycles. The van der Waals surface area contributed by atoms with Crippen LogP contribution in [0.15, 0.2) is 42.5 Å². The molecule has 0 saturated heterocycles. The van der Waals surface area contributed by atoms with E-state index in [1.165, 1.54) is 0 Å². The molecule has 1 aromatic carbocycles. The van der Waals surface area contributed by atoms with Gasteiger partial charge in [-0.05, 0) is 5.56 Å². The highest BCUT2D eigenvalue weighted by molar-refractivity contribution is 5.37. The number of benzene rings is 1. The van der Waals surface area contributed by atoms with Gasteiger partial charge in [0.1, 0.15) is 0 Å². The van der Waals surface area contributed by atoms with Gasteiger partial charge in [-0.2, -0.15) is 0 Å². The van der Waals surface area contributed by atoms with Crippen molar-refractivity contribution in [2.75, 3.05) is 0 Å². The normalized spacial score (nSPS) is 11.0. The van der Waals surface area contributed by atoms with Crippen LogP contribution in [0.5, 0.6) is 0 Å². The number of terminal acetylenes is 2. The van der Waals surface area contributed by atoms with Gasteiger partial charge in [0.05, 0.1) is 0 Å². The Bertz CT molecular complexity index is 384. The minimum Gasteiger partial charge on any atom is -0.120 e. The zero-order chi connectivity index (χ0) is 10.4. The Hall–Kier alpha value is -1.92. The van der Waals surface area contributed by atoms with E-state index in [2.05, 4.69) is 18.4 Å². The number of hydrogen-bond acceptors (Lipinski definition) is 0. The average molecular weight is 180 g/mol. The Balaban J connectivity index is 2.97. The molecule has 0 aliphatic carbocycles. The van der Waals surface area contributed by atoms with Gasteiger partial charge >= 0.3 is 0 Å². The van der Waals surface area contributed by atoms with E-state index in [9.17, 15) is 0 Å². The molecular formula is C14H12. The van der Waals surface area contributed by atoms with Crippen LogP contribution in [0.2, 0.25) is 0 Å². The minimum atomic E-state index is 0.0891. The van der Waals surface area contributed by atoms with E-state index >= 15 is 0 Å². The fourth-order valence-corrected chi connectivity index (χ4v) is 1.35. The van der Waals surface area contributed by atoms with Gasteiger partial charge in [0.15, 0.2) is 0 Å². The second-order valence-corrected chi connectivity index (χ2v) is 3.04. The largest absolute Gasteiger partial charge is 0.120 e. The van der Waals surface area contributed by atoms with Crippen LogP contribution in [-0.4, -0.2) is 0 Å². The van der Waals surface area contributed by atoms with Crippen LogP contribution < -0.4 is 0 Å². The molecule has 0 nitrogen and oxygen atoms in total. The van der Waals surface area contributed by atoms with Crippen molar-refractivity contribution >= 4 is 0 Å². The second kappa shape index (κ2) is 4.95. The Labute approximate surface area is 85.7 Å². The van der Waals surface area contributed by atoms with Crippen molar-refractivity contribution in [2.45, 2.75) is 12.3 Å². The van der Waals surface area contributed by atoms with Gasteiger partial charge in [-0.3, -0.25) is 0 Å². The maximum absolute atomic E-state index is 5.32. The molecule has 0 spiro atoms. The highest BCUT2D eigenvalue weighted by Crippen LogP contribution is 2.25. The molecule has 0 heteroatoms. The van der Waals surface area contributed by atoms with Crippen molar-refractivity contribution in [3.8, 4) is 24.7 Å². The van der Waals surface area contributed by atoms with Crippen LogP contribution in [0.25, 0.3) is 0 Å². The maximum atomic E-state index is 5.32. The summed E-state index contributed by atoms with van der Waals surface area (Å²) in [6, 6.07) is 9.95. The summed E-state index contributed by atoms with van der Waals surface area (Å²) in [7, 11) is 0. The zero-order valence-electron chi connectivity index (χ0n) is 8.03. The standard InChI is InChI=1S/C14H12/c1-4-9-14(12(3)5-2)13-10-7-6-8-11-13/h1-2,6-8,10-11,14H,3,9H2. The molecule has 0 aliphatic rings. The van der Waals surface area contributed by atoms with Gasteiger partial charge in [-0.25, -0.2) is 0 Å². The number of rotatable bonds is 3. The molecule has 1 unspecified atom stereocenters. The summed E-state index contributed by atoms with van der Waals surface area (Å²) in [6.45, 7) is 3.84. The van der Waals surface area contributed by atoms with E-state index in [4.69, 9.17) is 12.8 Å². The smallest absolute Gasteiger partial charge is 0.0272 e. The molecule has 14 heavy (non-hydrogen) atoms. The Morgan fingerprint density at radius 1 is 1.29 bits per heavy atom. The lowest BCUT2D eigenvalue weighted by Crippen LogP contribution is -1.99. The van der Waals surface area contributed by atoms with Crippen molar-refractivity contribution in [3.05, 3.63) is 48.0 Å². The van der Waals surface area contributed by atoms with Crippen LogP contribution in [0, 0.1) is 24.7 Å². The first-order chi connectivity index (χ1) is 6.79. The first-order valence-electron chi connectivity index (χ1n) is 4.43. The quantitative estimate of drug-likeness (QED) is 0.627. The van der Waals surface area contributed by atoms with Crippen LogP contribution in [0.3, 0.4) is 0 Å². The fourth-order valence-electron chi connectivity index (χ4n) is 1.35. The molecule has 0 amide bonds. The lowest BCUT2D eigenvalue weighted by molar-refractivity contribution is 0.856. The Morgan fingerprint density at radius 3 is 2.43 bits per heavy atom. The summed E-state index contributed by atoms with van der Waals surface area (Å²) in [5.41, 5.74) is 1.88. The van der Waals surface area contributed by atoms with E-state index in [0.29, 0.717) is 6.42 Å². The molecule has 0 saturated carbocycles. The van der Waals surface area contributed by atoms with Gasteiger partial charge in [-0.1, -0.05) is 42.8 Å². The van der Waals surface area contributed by atoms with Gasteiger partial charge in [0.2, 0.25) is 0 Å². The summed E-state index contributed by atoms with van der Waals surface area (Å²) < 4.78 is 0. The third kappa shape index (κ3) is 2.28. The maximum Gasteiger partial charge on any atom is 0.0272 e. The van der Waals surface area contributed by atoms with Crippen molar-refractivity contribution in [1.29, 1.82) is 0 Å². The molecule has 68 valence electrons. The molecular weight excluding hydrogens is 168 g/mol. The van der Waals surface area contributed by atoms with Crippen molar-refractivity contribution in [2.24, 2.45) is 0 Å². The highest BCUT2D eigenvalue weighted by Gasteiger charge is 2.11. The van der Waals surface area contributed by atoms with Crippen LogP contribution >= 0.6 is 0 Å². The Kier molecular flexibility index (Phi) is 3.59. The summed E-state index contributed by atoms with van der Waals surface area (Å²) in [4.78, 5) is 0. The molecule has 0 N–H and O–H groups in total.